The van der Waals surface area contributed by atoms with Crippen molar-refractivity contribution in [2.45, 2.75) is 32.7 Å². The number of nitrogens with zero attached hydrogens (tertiary/aromatic N) is 1. The Hall–Kier alpha value is -1.17. The largest absolute Gasteiger partial charge is 0.360 e. The monoisotopic (exact) mass is 243 g/mol. The van der Waals surface area contributed by atoms with E-state index >= 15 is 0 Å². The normalized spacial score (nSPS) is 15.4. The molecule has 1 saturated heterocycles. The van der Waals surface area contributed by atoms with Crippen molar-refractivity contribution in [3.05, 3.63) is 0 Å². The second-order valence-electron chi connectivity index (χ2n) is 4.10. The van der Waals surface area contributed by atoms with Crippen LogP contribution in [-0.2, 0) is 9.59 Å². The minimum absolute atomic E-state index is 0.0397. The molecule has 0 radical (unpaired) electrons. The van der Waals surface area contributed by atoms with Crippen LogP contribution in [0.1, 0.15) is 26.7 Å². The van der Waals surface area contributed by atoms with Gasteiger partial charge in [-0.25, -0.2) is 0 Å². The van der Waals surface area contributed by atoms with Gasteiger partial charge in [0.15, 0.2) is 5.11 Å². The number of carbonyl (C=O) groups excluding carboxylic acids is 2. The molecule has 0 aromatic heterocycles. The molecule has 1 aliphatic rings. The van der Waals surface area contributed by atoms with E-state index in [0.717, 1.165) is 6.42 Å². The van der Waals surface area contributed by atoms with E-state index in [1.807, 2.05) is 13.8 Å². The van der Waals surface area contributed by atoms with Crippen LogP contribution in [0, 0.1) is 0 Å². The predicted octanol–water partition coefficient (Wildman–Crippen LogP) is 0.00790. The van der Waals surface area contributed by atoms with Crippen LogP contribution in [-0.4, -0.2) is 41.0 Å². The molecule has 0 aromatic carbocycles. The number of hydrogen-bond donors (Lipinski definition) is 2. The molecule has 0 bridgehead atoms. The van der Waals surface area contributed by atoms with Gasteiger partial charge >= 0.3 is 0 Å². The summed E-state index contributed by atoms with van der Waals surface area (Å²) in [6, 6.07) is 0.182. The SMILES string of the molecule is CC(C)NC(=S)NC(=O)CN1CCCC1=O. The minimum atomic E-state index is -0.242. The maximum absolute atomic E-state index is 11.5. The van der Waals surface area contributed by atoms with Crippen molar-refractivity contribution < 1.29 is 9.59 Å². The number of hydrogen-bond acceptors (Lipinski definition) is 3. The predicted molar refractivity (Wildman–Crippen MR) is 64.8 cm³/mol. The zero-order chi connectivity index (χ0) is 12.1. The first-order valence-electron chi connectivity index (χ1n) is 5.37. The van der Waals surface area contributed by atoms with Gasteiger partial charge in [-0.15, -0.1) is 0 Å². The van der Waals surface area contributed by atoms with Crippen molar-refractivity contribution in [3.63, 3.8) is 0 Å². The summed E-state index contributed by atoms with van der Waals surface area (Å²) in [4.78, 5) is 24.3. The first-order valence-corrected chi connectivity index (χ1v) is 5.78. The van der Waals surface area contributed by atoms with Gasteiger partial charge in [0.2, 0.25) is 11.8 Å². The Morgan fingerprint density at radius 3 is 2.75 bits per heavy atom. The molecular weight excluding hydrogens is 226 g/mol. The molecule has 0 atom stereocenters. The Morgan fingerprint density at radius 2 is 2.25 bits per heavy atom. The summed E-state index contributed by atoms with van der Waals surface area (Å²) in [6.45, 7) is 4.63. The van der Waals surface area contributed by atoms with Gasteiger partial charge in [-0.1, -0.05) is 0 Å². The quantitative estimate of drug-likeness (QED) is 0.685. The Labute approximate surface area is 101 Å². The Bertz CT molecular complexity index is 304. The third-order valence-electron chi connectivity index (χ3n) is 2.18. The van der Waals surface area contributed by atoms with E-state index in [0.29, 0.717) is 18.1 Å². The van der Waals surface area contributed by atoms with Crippen LogP contribution >= 0.6 is 12.2 Å². The van der Waals surface area contributed by atoms with Gasteiger partial charge in [0.25, 0.3) is 0 Å². The first kappa shape index (κ1) is 12.9. The average molecular weight is 243 g/mol. The second kappa shape index (κ2) is 5.79. The van der Waals surface area contributed by atoms with Crippen LogP contribution in [0.15, 0.2) is 0 Å². The molecule has 2 amide bonds. The number of amides is 2. The molecule has 1 heterocycles. The van der Waals surface area contributed by atoms with Gasteiger partial charge in [-0.05, 0) is 32.5 Å². The third-order valence-corrected chi connectivity index (χ3v) is 2.40. The van der Waals surface area contributed by atoms with Gasteiger partial charge < -0.3 is 15.5 Å². The van der Waals surface area contributed by atoms with Crippen LogP contribution in [0.25, 0.3) is 0 Å². The Kier molecular flexibility index (Phi) is 4.67. The molecule has 2 N–H and O–H groups in total. The average Bonchev–Trinajstić information content (AvgIpc) is 2.49. The minimum Gasteiger partial charge on any atom is -0.360 e. The van der Waals surface area contributed by atoms with E-state index in [-0.39, 0.29) is 24.4 Å². The van der Waals surface area contributed by atoms with Gasteiger partial charge in [-0.3, -0.25) is 9.59 Å². The van der Waals surface area contributed by atoms with E-state index in [4.69, 9.17) is 12.2 Å². The van der Waals surface area contributed by atoms with Crippen molar-refractivity contribution in [3.8, 4) is 0 Å². The second-order valence-corrected chi connectivity index (χ2v) is 4.50. The molecule has 16 heavy (non-hydrogen) atoms. The van der Waals surface area contributed by atoms with E-state index in [2.05, 4.69) is 10.6 Å². The van der Waals surface area contributed by atoms with Crippen molar-refractivity contribution in [1.29, 1.82) is 0 Å². The smallest absolute Gasteiger partial charge is 0.245 e. The van der Waals surface area contributed by atoms with Crippen LogP contribution in [0.4, 0.5) is 0 Å². The van der Waals surface area contributed by atoms with Crippen LogP contribution in [0.5, 0.6) is 0 Å². The lowest BCUT2D eigenvalue weighted by atomic mass is 10.4. The van der Waals surface area contributed by atoms with Gasteiger partial charge in [0.1, 0.15) is 0 Å². The standard InChI is InChI=1S/C10H17N3O2S/c1-7(2)11-10(16)12-8(14)6-13-5-3-4-9(13)15/h7H,3-6H2,1-2H3,(H2,11,12,14,16). The summed E-state index contributed by atoms with van der Waals surface area (Å²) in [5, 5.41) is 5.76. The summed E-state index contributed by atoms with van der Waals surface area (Å²) in [5.74, 6) is -0.203. The van der Waals surface area contributed by atoms with Crippen molar-refractivity contribution in [2.75, 3.05) is 13.1 Å². The summed E-state index contributed by atoms with van der Waals surface area (Å²) < 4.78 is 0. The third kappa shape index (κ3) is 4.14. The molecule has 0 spiro atoms. The summed E-state index contributed by atoms with van der Waals surface area (Å²) >= 11 is 4.93. The van der Waals surface area contributed by atoms with Gasteiger partial charge in [0.05, 0.1) is 6.54 Å². The molecule has 0 aromatic rings. The van der Waals surface area contributed by atoms with E-state index in [9.17, 15) is 9.59 Å². The lowest BCUT2D eigenvalue weighted by Gasteiger charge is -2.16. The van der Waals surface area contributed by atoms with Crippen LogP contribution in [0.2, 0.25) is 0 Å². The summed E-state index contributed by atoms with van der Waals surface area (Å²) in [5.41, 5.74) is 0. The molecule has 1 fully saturated rings. The maximum Gasteiger partial charge on any atom is 0.245 e. The Balaban J connectivity index is 2.30. The maximum atomic E-state index is 11.5. The molecule has 1 rings (SSSR count). The molecule has 6 heteroatoms. The zero-order valence-electron chi connectivity index (χ0n) is 9.58. The molecular formula is C10H17N3O2S. The topological polar surface area (TPSA) is 61.4 Å². The van der Waals surface area contributed by atoms with Gasteiger partial charge in [-0.2, -0.15) is 0 Å². The lowest BCUT2D eigenvalue weighted by molar-refractivity contribution is -0.132. The molecule has 1 aliphatic heterocycles. The number of thiocarbonyl (C=S) groups is 1. The van der Waals surface area contributed by atoms with Crippen LogP contribution in [0.3, 0.4) is 0 Å². The summed E-state index contributed by atoms with van der Waals surface area (Å²) in [6.07, 6.45) is 1.38. The number of likely N-dealkylation sites (tertiary alicyclic amines) is 1. The molecule has 0 aliphatic carbocycles. The van der Waals surface area contributed by atoms with E-state index < -0.39 is 0 Å². The van der Waals surface area contributed by atoms with Crippen molar-refractivity contribution >= 4 is 29.1 Å². The molecule has 5 nitrogen and oxygen atoms in total. The highest BCUT2D eigenvalue weighted by atomic mass is 32.1. The number of nitrogens with one attached hydrogen (secondary N) is 2. The fourth-order valence-electron chi connectivity index (χ4n) is 1.51. The van der Waals surface area contributed by atoms with Crippen molar-refractivity contribution in [2.24, 2.45) is 0 Å². The van der Waals surface area contributed by atoms with Gasteiger partial charge in [0, 0.05) is 19.0 Å². The molecule has 0 unspecified atom stereocenters. The molecule has 0 saturated carbocycles. The fraction of sp³-hybridized carbons (Fsp3) is 0.700. The Morgan fingerprint density at radius 1 is 1.56 bits per heavy atom. The van der Waals surface area contributed by atoms with Crippen LogP contribution < -0.4 is 10.6 Å². The highest BCUT2D eigenvalue weighted by Crippen LogP contribution is 2.08. The fourth-order valence-corrected chi connectivity index (χ4v) is 1.86. The number of carbonyl (C=O) groups is 2. The van der Waals surface area contributed by atoms with Crippen molar-refractivity contribution in [1.82, 2.24) is 15.5 Å². The summed E-state index contributed by atoms with van der Waals surface area (Å²) in [7, 11) is 0. The highest BCUT2D eigenvalue weighted by molar-refractivity contribution is 7.80. The first-order chi connectivity index (χ1) is 7.49. The highest BCUT2D eigenvalue weighted by Gasteiger charge is 2.22. The van der Waals surface area contributed by atoms with E-state index in [1.165, 1.54) is 0 Å². The van der Waals surface area contributed by atoms with E-state index in [1.54, 1.807) is 4.90 Å². The molecule has 90 valence electrons. The number of rotatable bonds is 3. The zero-order valence-corrected chi connectivity index (χ0v) is 10.4. The lowest BCUT2D eigenvalue weighted by Crippen LogP contribution is -2.46.